The summed E-state index contributed by atoms with van der Waals surface area (Å²) < 4.78 is 6.47. The molecule has 0 amide bonds. The average molecular weight is 406 g/mol. The Labute approximate surface area is 155 Å². The van der Waals surface area contributed by atoms with Crippen LogP contribution in [0.25, 0.3) is 0 Å². The van der Waals surface area contributed by atoms with Gasteiger partial charge in [-0.1, -0.05) is 6.07 Å². The van der Waals surface area contributed by atoms with Gasteiger partial charge in [-0.25, -0.2) is 0 Å². The molecular weight excluding hydrogens is 386 g/mol. The summed E-state index contributed by atoms with van der Waals surface area (Å²) in [4.78, 5) is 6.14. The molecule has 1 atom stereocenters. The molecule has 1 aromatic heterocycles. The first-order valence-corrected chi connectivity index (χ1v) is 9.62. The van der Waals surface area contributed by atoms with Gasteiger partial charge in [0.2, 0.25) is 0 Å². The molecule has 1 aromatic carbocycles. The Morgan fingerprint density at radius 2 is 2.17 bits per heavy atom. The lowest BCUT2D eigenvalue weighted by Gasteiger charge is -2.37. The van der Waals surface area contributed by atoms with Gasteiger partial charge in [-0.05, 0) is 45.6 Å². The number of thiophene rings is 1. The van der Waals surface area contributed by atoms with Gasteiger partial charge in [0.25, 0.3) is 0 Å². The van der Waals surface area contributed by atoms with Crippen molar-refractivity contribution < 1.29 is 4.74 Å². The van der Waals surface area contributed by atoms with Crippen molar-refractivity contribution in [2.45, 2.75) is 6.04 Å². The number of hydrogen-bond acceptors (Lipinski definition) is 5. The Bertz CT molecular complexity index is 708. The summed E-state index contributed by atoms with van der Waals surface area (Å²) in [5.74, 6) is 0. The summed E-state index contributed by atoms with van der Waals surface area (Å²) in [7, 11) is 2.10. The van der Waals surface area contributed by atoms with Gasteiger partial charge < -0.3 is 9.64 Å². The monoisotopic (exact) mass is 405 g/mol. The molecule has 0 N–H and O–H groups in total. The van der Waals surface area contributed by atoms with Crippen molar-refractivity contribution in [2.24, 2.45) is 0 Å². The van der Waals surface area contributed by atoms with Crippen LogP contribution in [0.15, 0.2) is 40.2 Å². The smallest absolute Gasteiger partial charge is 0.0992 e. The first kappa shape index (κ1) is 17.4. The van der Waals surface area contributed by atoms with Crippen LogP contribution in [0.1, 0.15) is 16.5 Å². The fraction of sp³-hybridized carbons (Fsp3) is 0.389. The molecule has 4 nitrogen and oxygen atoms in total. The average Bonchev–Trinajstić information content (AvgIpc) is 3.14. The maximum atomic E-state index is 9.03. The normalized spacial score (nSPS) is 16.5. The maximum Gasteiger partial charge on any atom is 0.0992 e. The second-order valence-electron chi connectivity index (χ2n) is 5.84. The zero-order valence-corrected chi connectivity index (χ0v) is 16.0. The number of benzene rings is 1. The summed E-state index contributed by atoms with van der Waals surface area (Å²) >= 11 is 5.41. The predicted molar refractivity (Wildman–Crippen MR) is 102 cm³/mol. The van der Waals surface area contributed by atoms with E-state index in [2.05, 4.69) is 56.4 Å². The molecule has 1 aliphatic heterocycles. The van der Waals surface area contributed by atoms with Gasteiger partial charge in [0.1, 0.15) is 0 Å². The van der Waals surface area contributed by atoms with Crippen molar-refractivity contribution in [3.63, 3.8) is 0 Å². The van der Waals surface area contributed by atoms with Crippen LogP contribution < -0.4 is 4.90 Å². The van der Waals surface area contributed by atoms with Crippen LogP contribution in [-0.4, -0.2) is 44.8 Å². The summed E-state index contributed by atoms with van der Waals surface area (Å²) in [6.07, 6.45) is 0. The molecule has 2 heterocycles. The summed E-state index contributed by atoms with van der Waals surface area (Å²) in [6.45, 7) is 4.42. The Balaban J connectivity index is 1.80. The lowest BCUT2D eigenvalue weighted by atomic mass is 10.1. The van der Waals surface area contributed by atoms with Crippen LogP contribution in [0, 0.1) is 11.3 Å². The van der Waals surface area contributed by atoms with Crippen molar-refractivity contribution in [1.29, 1.82) is 5.26 Å². The topological polar surface area (TPSA) is 39.5 Å². The van der Waals surface area contributed by atoms with E-state index in [1.165, 1.54) is 4.88 Å². The minimum atomic E-state index is 0.349. The largest absolute Gasteiger partial charge is 0.379 e. The van der Waals surface area contributed by atoms with E-state index in [1.807, 2.05) is 29.5 Å². The number of nitriles is 1. The lowest BCUT2D eigenvalue weighted by Crippen LogP contribution is -2.43. The Hall–Kier alpha value is -1.39. The summed E-state index contributed by atoms with van der Waals surface area (Å²) in [5.41, 5.74) is 1.77. The molecular formula is C18H20BrN3OS. The number of halogens is 1. The molecule has 0 saturated carbocycles. The van der Waals surface area contributed by atoms with E-state index >= 15 is 0 Å². The van der Waals surface area contributed by atoms with E-state index in [0.717, 1.165) is 43.0 Å². The second-order valence-corrected chi connectivity index (χ2v) is 7.67. The van der Waals surface area contributed by atoms with Crippen molar-refractivity contribution >= 4 is 33.0 Å². The van der Waals surface area contributed by atoms with Crippen molar-refractivity contribution in [3.05, 3.63) is 50.6 Å². The highest BCUT2D eigenvalue weighted by molar-refractivity contribution is 9.10. The van der Waals surface area contributed by atoms with Gasteiger partial charge in [0.15, 0.2) is 0 Å². The number of morpholine rings is 1. The van der Waals surface area contributed by atoms with Crippen LogP contribution in [-0.2, 0) is 4.74 Å². The zero-order chi connectivity index (χ0) is 16.9. The van der Waals surface area contributed by atoms with Crippen molar-refractivity contribution in [3.8, 4) is 6.07 Å². The zero-order valence-electron chi connectivity index (χ0n) is 13.6. The first-order chi connectivity index (χ1) is 11.7. The molecule has 1 fully saturated rings. The predicted octanol–water partition coefficient (Wildman–Crippen LogP) is 3.89. The third kappa shape index (κ3) is 3.98. The number of hydrogen-bond donors (Lipinski definition) is 0. The third-order valence-corrected chi connectivity index (χ3v) is 5.90. The van der Waals surface area contributed by atoms with Crippen LogP contribution in [0.3, 0.4) is 0 Å². The summed E-state index contributed by atoms with van der Waals surface area (Å²) in [6, 6.07) is 12.6. The van der Waals surface area contributed by atoms with Crippen LogP contribution in [0.5, 0.6) is 0 Å². The van der Waals surface area contributed by atoms with Gasteiger partial charge in [0.05, 0.1) is 36.6 Å². The van der Waals surface area contributed by atoms with E-state index in [0.29, 0.717) is 11.6 Å². The van der Waals surface area contributed by atoms with Gasteiger partial charge >= 0.3 is 0 Å². The molecule has 24 heavy (non-hydrogen) atoms. The van der Waals surface area contributed by atoms with E-state index in [4.69, 9.17) is 10.00 Å². The Morgan fingerprint density at radius 1 is 1.38 bits per heavy atom. The van der Waals surface area contributed by atoms with E-state index < -0.39 is 0 Å². The molecule has 1 aliphatic rings. The number of ether oxygens (including phenoxy) is 1. The number of anilines is 1. The van der Waals surface area contributed by atoms with Gasteiger partial charge in [0, 0.05) is 36.0 Å². The van der Waals surface area contributed by atoms with E-state index in [-0.39, 0.29) is 0 Å². The molecule has 126 valence electrons. The highest BCUT2D eigenvalue weighted by Crippen LogP contribution is 2.31. The van der Waals surface area contributed by atoms with Crippen LogP contribution in [0.4, 0.5) is 5.69 Å². The highest BCUT2D eigenvalue weighted by atomic mass is 79.9. The molecule has 0 unspecified atom stereocenters. The molecule has 1 saturated heterocycles. The minimum absolute atomic E-state index is 0.349. The second kappa shape index (κ2) is 8.13. The quantitative estimate of drug-likeness (QED) is 0.756. The fourth-order valence-electron chi connectivity index (χ4n) is 3.00. The minimum Gasteiger partial charge on any atom is -0.379 e. The fourth-order valence-corrected chi connectivity index (χ4v) is 4.53. The lowest BCUT2D eigenvalue weighted by molar-refractivity contribution is 0.0184. The van der Waals surface area contributed by atoms with Crippen LogP contribution >= 0.6 is 27.3 Å². The van der Waals surface area contributed by atoms with Gasteiger partial charge in [-0.15, -0.1) is 11.3 Å². The van der Waals surface area contributed by atoms with Gasteiger partial charge in [-0.3, -0.25) is 4.90 Å². The highest BCUT2D eigenvalue weighted by Gasteiger charge is 2.25. The van der Waals surface area contributed by atoms with Crippen molar-refractivity contribution in [1.82, 2.24) is 4.90 Å². The number of likely N-dealkylation sites (N-methyl/N-ethyl adjacent to an activating group) is 1. The molecule has 0 radical (unpaired) electrons. The van der Waals surface area contributed by atoms with Gasteiger partial charge in [-0.2, -0.15) is 5.26 Å². The molecule has 0 aliphatic carbocycles. The molecule has 3 rings (SSSR count). The standard InChI is InChI=1S/C18H20BrN3OS/c1-21(16-5-4-14(12-20)11-15(16)19)13-17(18-3-2-10-24-18)22-6-8-23-9-7-22/h2-5,10-11,17H,6-9,13H2,1H3/t17-/m1/s1. The maximum absolute atomic E-state index is 9.03. The first-order valence-electron chi connectivity index (χ1n) is 7.95. The van der Waals surface area contributed by atoms with Crippen molar-refractivity contribution in [2.75, 3.05) is 44.8 Å². The molecule has 0 bridgehead atoms. The number of nitrogens with zero attached hydrogens (tertiary/aromatic N) is 3. The number of rotatable bonds is 5. The molecule has 0 spiro atoms. The third-order valence-electron chi connectivity index (χ3n) is 4.29. The Kier molecular flexibility index (Phi) is 5.90. The van der Waals surface area contributed by atoms with E-state index in [1.54, 1.807) is 0 Å². The molecule has 6 heteroatoms. The molecule has 2 aromatic rings. The summed E-state index contributed by atoms with van der Waals surface area (Å²) in [5, 5.41) is 11.2. The van der Waals surface area contributed by atoms with E-state index in [9.17, 15) is 0 Å². The SMILES string of the molecule is CN(C[C@H](c1cccs1)N1CCOCC1)c1ccc(C#N)cc1Br. The van der Waals surface area contributed by atoms with Crippen LogP contribution in [0.2, 0.25) is 0 Å². The Morgan fingerprint density at radius 3 is 2.79 bits per heavy atom.